The summed E-state index contributed by atoms with van der Waals surface area (Å²) in [6.45, 7) is 2.11. The Morgan fingerprint density at radius 3 is 2.55 bits per heavy atom. The molecule has 0 spiro atoms. The van der Waals surface area contributed by atoms with E-state index in [0.29, 0.717) is 5.75 Å². The maximum atomic E-state index is 11.9. The standard InChI is InChI=1S/C17H19NOS/c1-2-14-9-6-10-16(11-14)18-17(19)13-20-12-15-7-4-3-5-8-15/h3-11H,2,12-13H2,1H3,(H,18,19). The highest BCUT2D eigenvalue weighted by atomic mass is 32.2. The summed E-state index contributed by atoms with van der Waals surface area (Å²) >= 11 is 1.63. The summed E-state index contributed by atoms with van der Waals surface area (Å²) in [5.41, 5.74) is 3.37. The number of aryl methyl sites for hydroxylation is 1. The first kappa shape index (κ1) is 14.7. The molecule has 1 amide bonds. The summed E-state index contributed by atoms with van der Waals surface area (Å²) in [5, 5.41) is 2.94. The van der Waals surface area contributed by atoms with E-state index in [0.717, 1.165) is 17.9 Å². The minimum Gasteiger partial charge on any atom is -0.325 e. The molecule has 0 aliphatic rings. The number of rotatable bonds is 6. The third kappa shape index (κ3) is 4.74. The summed E-state index contributed by atoms with van der Waals surface area (Å²) < 4.78 is 0. The van der Waals surface area contributed by atoms with Crippen molar-refractivity contribution in [3.8, 4) is 0 Å². The molecule has 2 rings (SSSR count). The third-order valence-electron chi connectivity index (χ3n) is 2.96. The lowest BCUT2D eigenvalue weighted by atomic mass is 10.1. The van der Waals surface area contributed by atoms with Crippen LogP contribution in [0.2, 0.25) is 0 Å². The van der Waals surface area contributed by atoms with Gasteiger partial charge in [0.1, 0.15) is 0 Å². The van der Waals surface area contributed by atoms with E-state index in [1.807, 2.05) is 36.4 Å². The fourth-order valence-corrected chi connectivity index (χ4v) is 2.69. The van der Waals surface area contributed by atoms with Gasteiger partial charge in [-0.05, 0) is 29.7 Å². The maximum absolute atomic E-state index is 11.9. The molecule has 0 heterocycles. The zero-order valence-corrected chi connectivity index (χ0v) is 12.5. The zero-order valence-electron chi connectivity index (χ0n) is 11.6. The molecule has 2 aromatic carbocycles. The average molecular weight is 285 g/mol. The molecule has 0 aliphatic heterocycles. The predicted molar refractivity (Wildman–Crippen MR) is 87.1 cm³/mol. The van der Waals surface area contributed by atoms with E-state index in [2.05, 4.69) is 30.4 Å². The van der Waals surface area contributed by atoms with Crippen LogP contribution in [0.5, 0.6) is 0 Å². The van der Waals surface area contributed by atoms with Crippen LogP contribution in [-0.2, 0) is 17.0 Å². The van der Waals surface area contributed by atoms with Crippen molar-refractivity contribution in [2.75, 3.05) is 11.1 Å². The van der Waals surface area contributed by atoms with Crippen molar-refractivity contribution >= 4 is 23.4 Å². The Hall–Kier alpha value is -1.74. The first-order valence-corrected chi connectivity index (χ1v) is 7.94. The quantitative estimate of drug-likeness (QED) is 0.865. The Morgan fingerprint density at radius 2 is 1.80 bits per heavy atom. The van der Waals surface area contributed by atoms with Gasteiger partial charge in [-0.3, -0.25) is 4.79 Å². The molecule has 0 aromatic heterocycles. The highest BCUT2D eigenvalue weighted by molar-refractivity contribution is 7.99. The van der Waals surface area contributed by atoms with E-state index in [4.69, 9.17) is 0 Å². The number of nitrogens with one attached hydrogen (secondary N) is 1. The van der Waals surface area contributed by atoms with E-state index < -0.39 is 0 Å². The van der Waals surface area contributed by atoms with Crippen molar-refractivity contribution in [3.63, 3.8) is 0 Å². The number of carbonyl (C=O) groups is 1. The Kier molecular flexibility index (Phi) is 5.69. The summed E-state index contributed by atoms with van der Waals surface area (Å²) in [7, 11) is 0. The number of carbonyl (C=O) groups excluding carboxylic acids is 1. The molecule has 0 saturated carbocycles. The van der Waals surface area contributed by atoms with Crippen molar-refractivity contribution < 1.29 is 4.79 Å². The molecule has 0 radical (unpaired) electrons. The number of thioether (sulfide) groups is 1. The number of amides is 1. The highest BCUT2D eigenvalue weighted by Gasteiger charge is 2.03. The van der Waals surface area contributed by atoms with Crippen molar-refractivity contribution in [3.05, 3.63) is 65.7 Å². The monoisotopic (exact) mass is 285 g/mol. The summed E-state index contributed by atoms with van der Waals surface area (Å²) in [4.78, 5) is 11.9. The van der Waals surface area contributed by atoms with E-state index in [1.54, 1.807) is 11.8 Å². The van der Waals surface area contributed by atoms with Crippen molar-refractivity contribution in [1.82, 2.24) is 0 Å². The lowest BCUT2D eigenvalue weighted by Crippen LogP contribution is -2.14. The molecule has 104 valence electrons. The van der Waals surface area contributed by atoms with Gasteiger partial charge in [0.25, 0.3) is 0 Å². The molecule has 20 heavy (non-hydrogen) atoms. The van der Waals surface area contributed by atoms with E-state index in [-0.39, 0.29) is 5.91 Å². The van der Waals surface area contributed by atoms with Gasteiger partial charge in [0.2, 0.25) is 5.91 Å². The fraction of sp³-hybridized carbons (Fsp3) is 0.235. The van der Waals surface area contributed by atoms with Crippen LogP contribution in [0.15, 0.2) is 54.6 Å². The highest BCUT2D eigenvalue weighted by Crippen LogP contribution is 2.14. The molecule has 0 bridgehead atoms. The Morgan fingerprint density at radius 1 is 1.05 bits per heavy atom. The molecule has 1 N–H and O–H groups in total. The number of hydrogen-bond acceptors (Lipinski definition) is 2. The van der Waals surface area contributed by atoms with Gasteiger partial charge in [0, 0.05) is 11.4 Å². The first-order valence-electron chi connectivity index (χ1n) is 6.78. The molecule has 2 nitrogen and oxygen atoms in total. The third-order valence-corrected chi connectivity index (χ3v) is 3.97. The zero-order chi connectivity index (χ0) is 14.2. The lowest BCUT2D eigenvalue weighted by Gasteiger charge is -2.06. The van der Waals surface area contributed by atoms with E-state index >= 15 is 0 Å². The van der Waals surface area contributed by atoms with Crippen LogP contribution < -0.4 is 5.32 Å². The van der Waals surface area contributed by atoms with Gasteiger partial charge in [-0.15, -0.1) is 11.8 Å². The molecule has 0 aliphatic carbocycles. The van der Waals surface area contributed by atoms with Crippen LogP contribution >= 0.6 is 11.8 Å². The second-order valence-electron chi connectivity index (χ2n) is 4.58. The molecule has 0 fully saturated rings. The summed E-state index contributed by atoms with van der Waals surface area (Å²) in [5.74, 6) is 1.40. The van der Waals surface area contributed by atoms with Crippen LogP contribution in [0, 0.1) is 0 Å². The molecule has 0 saturated heterocycles. The minimum absolute atomic E-state index is 0.0548. The fourth-order valence-electron chi connectivity index (χ4n) is 1.90. The normalized spacial score (nSPS) is 10.2. The summed E-state index contributed by atoms with van der Waals surface area (Å²) in [6, 6.07) is 18.2. The van der Waals surface area contributed by atoms with E-state index in [1.165, 1.54) is 11.1 Å². The number of hydrogen-bond donors (Lipinski definition) is 1. The second-order valence-corrected chi connectivity index (χ2v) is 5.57. The number of benzene rings is 2. The molecule has 2 aromatic rings. The van der Waals surface area contributed by atoms with Gasteiger partial charge in [0.05, 0.1) is 5.75 Å². The van der Waals surface area contributed by atoms with Gasteiger partial charge >= 0.3 is 0 Å². The number of anilines is 1. The lowest BCUT2D eigenvalue weighted by molar-refractivity contribution is -0.113. The first-order chi connectivity index (χ1) is 9.78. The van der Waals surface area contributed by atoms with Crippen LogP contribution in [0.3, 0.4) is 0 Å². The predicted octanol–water partition coefficient (Wildman–Crippen LogP) is 4.12. The second kappa shape index (κ2) is 7.75. The molecule has 3 heteroatoms. The Labute approximate surface area is 124 Å². The topological polar surface area (TPSA) is 29.1 Å². The van der Waals surface area contributed by atoms with Crippen LogP contribution in [0.4, 0.5) is 5.69 Å². The van der Waals surface area contributed by atoms with Gasteiger partial charge in [-0.25, -0.2) is 0 Å². The van der Waals surface area contributed by atoms with Gasteiger partial charge in [0.15, 0.2) is 0 Å². The van der Waals surface area contributed by atoms with Gasteiger partial charge in [-0.2, -0.15) is 0 Å². The van der Waals surface area contributed by atoms with Crippen LogP contribution in [0.25, 0.3) is 0 Å². The maximum Gasteiger partial charge on any atom is 0.234 e. The molecular weight excluding hydrogens is 266 g/mol. The largest absolute Gasteiger partial charge is 0.325 e. The van der Waals surface area contributed by atoms with Crippen LogP contribution in [0.1, 0.15) is 18.1 Å². The van der Waals surface area contributed by atoms with Crippen molar-refractivity contribution in [2.24, 2.45) is 0 Å². The molecule has 0 atom stereocenters. The summed E-state index contributed by atoms with van der Waals surface area (Å²) in [6.07, 6.45) is 0.979. The van der Waals surface area contributed by atoms with Gasteiger partial charge < -0.3 is 5.32 Å². The van der Waals surface area contributed by atoms with Crippen molar-refractivity contribution in [2.45, 2.75) is 19.1 Å². The molecule has 0 unspecified atom stereocenters. The smallest absolute Gasteiger partial charge is 0.234 e. The van der Waals surface area contributed by atoms with E-state index in [9.17, 15) is 4.79 Å². The van der Waals surface area contributed by atoms with Gasteiger partial charge in [-0.1, -0.05) is 49.4 Å². The minimum atomic E-state index is 0.0548. The van der Waals surface area contributed by atoms with Crippen LogP contribution in [-0.4, -0.2) is 11.7 Å². The average Bonchev–Trinajstić information content (AvgIpc) is 2.48. The Bertz CT molecular complexity index is 554. The Balaban J connectivity index is 1.77. The molecular formula is C17H19NOS. The SMILES string of the molecule is CCc1cccc(NC(=O)CSCc2ccccc2)c1. The van der Waals surface area contributed by atoms with Crippen molar-refractivity contribution in [1.29, 1.82) is 0 Å².